The van der Waals surface area contributed by atoms with Crippen molar-refractivity contribution < 1.29 is 22.8 Å². The SMILES string of the molecule is O=C(c1cc2n(n1)CCCC2)N1CCN(S(=O)(=O)CCN2C(=O)CCCC2=O)CC1. The molecule has 1 aromatic heterocycles. The molecule has 3 amide bonds. The number of aromatic nitrogens is 2. The van der Waals surface area contributed by atoms with E-state index in [4.69, 9.17) is 0 Å². The second-order valence-electron chi connectivity index (χ2n) is 8.00. The maximum absolute atomic E-state index is 12.8. The molecule has 3 aliphatic heterocycles. The molecular formula is C19H27N5O5S. The van der Waals surface area contributed by atoms with E-state index in [1.54, 1.807) is 4.90 Å². The predicted octanol–water partition coefficient (Wildman–Crippen LogP) is -0.154. The number of fused-ring (bicyclic) bond motifs is 1. The van der Waals surface area contributed by atoms with Crippen LogP contribution in [0.4, 0.5) is 0 Å². The first kappa shape index (κ1) is 21.0. The molecule has 4 rings (SSSR count). The molecule has 2 fully saturated rings. The van der Waals surface area contributed by atoms with Gasteiger partial charge in [-0.25, -0.2) is 8.42 Å². The van der Waals surface area contributed by atoms with Crippen LogP contribution in [0.2, 0.25) is 0 Å². The van der Waals surface area contributed by atoms with Gasteiger partial charge in [-0.3, -0.25) is 24.0 Å². The molecule has 164 valence electrons. The molecule has 0 aliphatic carbocycles. The van der Waals surface area contributed by atoms with Crippen LogP contribution in [0, 0.1) is 0 Å². The number of aryl methyl sites for hydroxylation is 2. The monoisotopic (exact) mass is 437 g/mol. The van der Waals surface area contributed by atoms with Gasteiger partial charge in [0.25, 0.3) is 5.91 Å². The van der Waals surface area contributed by atoms with Gasteiger partial charge in [0.1, 0.15) is 0 Å². The summed E-state index contributed by atoms with van der Waals surface area (Å²) in [6.45, 7) is 1.70. The fourth-order valence-electron chi connectivity index (χ4n) is 4.24. The van der Waals surface area contributed by atoms with E-state index in [0.29, 0.717) is 25.2 Å². The molecule has 30 heavy (non-hydrogen) atoms. The molecule has 0 saturated carbocycles. The normalized spacial score (nSPS) is 21.1. The number of likely N-dealkylation sites (tertiary alicyclic amines) is 1. The van der Waals surface area contributed by atoms with Gasteiger partial charge in [0.2, 0.25) is 21.8 Å². The molecule has 0 N–H and O–H groups in total. The highest BCUT2D eigenvalue weighted by molar-refractivity contribution is 7.89. The van der Waals surface area contributed by atoms with Crippen LogP contribution in [0.15, 0.2) is 6.07 Å². The maximum atomic E-state index is 12.8. The molecule has 0 atom stereocenters. The molecule has 0 aromatic carbocycles. The summed E-state index contributed by atoms with van der Waals surface area (Å²) >= 11 is 0. The number of imide groups is 1. The zero-order valence-electron chi connectivity index (χ0n) is 17.0. The molecule has 0 unspecified atom stereocenters. The Balaban J connectivity index is 1.32. The largest absolute Gasteiger partial charge is 0.335 e. The van der Waals surface area contributed by atoms with Crippen molar-refractivity contribution >= 4 is 27.7 Å². The number of hydrogen-bond acceptors (Lipinski definition) is 6. The Bertz CT molecular complexity index is 909. The van der Waals surface area contributed by atoms with Crippen molar-refractivity contribution in [3.05, 3.63) is 17.5 Å². The molecule has 4 heterocycles. The summed E-state index contributed by atoms with van der Waals surface area (Å²) in [5.41, 5.74) is 1.50. The zero-order chi connectivity index (χ0) is 21.3. The van der Waals surface area contributed by atoms with Gasteiger partial charge in [-0.15, -0.1) is 0 Å². The van der Waals surface area contributed by atoms with Crippen LogP contribution >= 0.6 is 0 Å². The summed E-state index contributed by atoms with van der Waals surface area (Å²) in [6, 6.07) is 1.84. The van der Waals surface area contributed by atoms with Gasteiger partial charge in [-0.05, 0) is 31.7 Å². The summed E-state index contributed by atoms with van der Waals surface area (Å²) in [5, 5.41) is 4.41. The average Bonchev–Trinajstić information content (AvgIpc) is 3.17. The lowest BCUT2D eigenvalue weighted by atomic mass is 10.1. The van der Waals surface area contributed by atoms with Crippen molar-refractivity contribution in [2.24, 2.45) is 0 Å². The fourth-order valence-corrected chi connectivity index (χ4v) is 5.63. The van der Waals surface area contributed by atoms with E-state index in [9.17, 15) is 22.8 Å². The number of piperidine rings is 1. The van der Waals surface area contributed by atoms with Gasteiger partial charge >= 0.3 is 0 Å². The minimum atomic E-state index is -3.62. The second-order valence-corrected chi connectivity index (χ2v) is 10.1. The smallest absolute Gasteiger partial charge is 0.274 e. The summed E-state index contributed by atoms with van der Waals surface area (Å²) in [7, 11) is -3.62. The van der Waals surface area contributed by atoms with Crippen LogP contribution in [-0.4, -0.2) is 88.5 Å². The van der Waals surface area contributed by atoms with Crippen molar-refractivity contribution in [2.45, 2.75) is 45.1 Å². The summed E-state index contributed by atoms with van der Waals surface area (Å²) in [4.78, 5) is 39.2. The van der Waals surface area contributed by atoms with E-state index in [0.717, 1.165) is 36.4 Å². The van der Waals surface area contributed by atoms with Crippen LogP contribution in [-0.2, 0) is 32.6 Å². The Labute approximate surface area is 175 Å². The van der Waals surface area contributed by atoms with E-state index in [1.165, 1.54) is 4.31 Å². The lowest BCUT2D eigenvalue weighted by Gasteiger charge is -2.34. The van der Waals surface area contributed by atoms with Gasteiger partial charge in [-0.1, -0.05) is 0 Å². The Kier molecular flexibility index (Phi) is 5.92. The van der Waals surface area contributed by atoms with Gasteiger partial charge in [0.15, 0.2) is 5.69 Å². The third-order valence-corrected chi connectivity index (χ3v) is 7.86. The van der Waals surface area contributed by atoms with E-state index in [-0.39, 0.29) is 56.0 Å². The van der Waals surface area contributed by atoms with Crippen LogP contribution in [0.25, 0.3) is 0 Å². The molecule has 0 spiro atoms. The van der Waals surface area contributed by atoms with Crippen LogP contribution in [0.1, 0.15) is 48.3 Å². The molecule has 1 aromatic rings. The molecule has 0 bridgehead atoms. The maximum Gasteiger partial charge on any atom is 0.274 e. The van der Waals surface area contributed by atoms with Crippen molar-refractivity contribution in [3.8, 4) is 0 Å². The number of carbonyl (C=O) groups excluding carboxylic acids is 3. The number of piperazine rings is 1. The second kappa shape index (κ2) is 8.46. The Hall–Kier alpha value is -2.27. The first-order valence-corrected chi connectivity index (χ1v) is 12.1. The summed E-state index contributed by atoms with van der Waals surface area (Å²) in [6.07, 6.45) is 4.18. The topological polar surface area (TPSA) is 113 Å². The first-order valence-electron chi connectivity index (χ1n) is 10.5. The van der Waals surface area contributed by atoms with Crippen LogP contribution in [0.3, 0.4) is 0 Å². The molecule has 10 nitrogen and oxygen atoms in total. The standard InChI is InChI=1S/C19H27N5O5S/c25-17-5-3-6-18(26)23(17)12-13-30(28,29)22-10-8-21(9-11-22)19(27)16-14-15-4-1-2-7-24(15)20-16/h14H,1-13H2. The van der Waals surface area contributed by atoms with Crippen molar-refractivity contribution in [1.29, 1.82) is 0 Å². The minimum absolute atomic E-state index is 0.112. The van der Waals surface area contributed by atoms with Gasteiger partial charge in [0.05, 0.1) is 5.75 Å². The van der Waals surface area contributed by atoms with Crippen molar-refractivity contribution in [3.63, 3.8) is 0 Å². The fraction of sp³-hybridized carbons (Fsp3) is 0.684. The lowest BCUT2D eigenvalue weighted by Crippen LogP contribution is -2.52. The van der Waals surface area contributed by atoms with Crippen molar-refractivity contribution in [1.82, 2.24) is 23.9 Å². The number of amides is 3. The van der Waals surface area contributed by atoms with E-state index in [2.05, 4.69) is 5.10 Å². The molecule has 3 aliphatic rings. The average molecular weight is 438 g/mol. The van der Waals surface area contributed by atoms with E-state index < -0.39 is 10.0 Å². The third kappa shape index (κ3) is 4.27. The number of rotatable bonds is 5. The number of sulfonamides is 1. The highest BCUT2D eigenvalue weighted by atomic mass is 32.2. The first-order chi connectivity index (χ1) is 14.3. The Morgan fingerprint density at radius 2 is 1.63 bits per heavy atom. The van der Waals surface area contributed by atoms with Gasteiger partial charge in [0, 0.05) is 57.8 Å². The summed E-state index contributed by atoms with van der Waals surface area (Å²) in [5.74, 6) is -1.07. The lowest BCUT2D eigenvalue weighted by molar-refractivity contribution is -0.147. The number of nitrogens with zero attached hydrogens (tertiary/aromatic N) is 5. The van der Waals surface area contributed by atoms with Crippen molar-refractivity contribution in [2.75, 3.05) is 38.5 Å². The predicted molar refractivity (Wildman–Crippen MR) is 107 cm³/mol. The highest BCUT2D eigenvalue weighted by Gasteiger charge is 2.32. The minimum Gasteiger partial charge on any atom is -0.335 e. The zero-order valence-corrected chi connectivity index (χ0v) is 17.8. The molecule has 0 radical (unpaired) electrons. The number of carbonyl (C=O) groups is 3. The van der Waals surface area contributed by atoms with E-state index in [1.807, 2.05) is 10.7 Å². The van der Waals surface area contributed by atoms with Crippen LogP contribution in [0.5, 0.6) is 0 Å². The van der Waals surface area contributed by atoms with E-state index >= 15 is 0 Å². The molecular weight excluding hydrogens is 410 g/mol. The Morgan fingerprint density at radius 3 is 2.30 bits per heavy atom. The molecule has 11 heteroatoms. The Morgan fingerprint density at radius 1 is 0.933 bits per heavy atom. The number of hydrogen-bond donors (Lipinski definition) is 0. The van der Waals surface area contributed by atoms with Gasteiger partial charge < -0.3 is 4.90 Å². The summed E-state index contributed by atoms with van der Waals surface area (Å²) < 4.78 is 28.6. The third-order valence-electron chi connectivity index (χ3n) is 6.01. The highest BCUT2D eigenvalue weighted by Crippen LogP contribution is 2.18. The van der Waals surface area contributed by atoms with Crippen LogP contribution < -0.4 is 0 Å². The van der Waals surface area contributed by atoms with Gasteiger partial charge in [-0.2, -0.15) is 9.40 Å². The molecule has 2 saturated heterocycles. The quantitative estimate of drug-likeness (QED) is 0.592.